The zero-order valence-electron chi connectivity index (χ0n) is 12.4. The summed E-state index contributed by atoms with van der Waals surface area (Å²) in [5.41, 5.74) is 0.107. The van der Waals surface area contributed by atoms with Crippen molar-refractivity contribution < 1.29 is 18.3 Å². The van der Waals surface area contributed by atoms with E-state index in [1.165, 1.54) is 12.1 Å². The molecule has 124 valence electrons. The molecule has 0 aromatic heterocycles. The highest BCUT2D eigenvalue weighted by Gasteiger charge is 2.28. The lowest BCUT2D eigenvalue weighted by Gasteiger charge is -2.26. The SMILES string of the molecule is NS(=O)(=O)c1ccc(CCNC[C@]2(O)CNCCOC2)cc1. The number of benzene rings is 1. The summed E-state index contributed by atoms with van der Waals surface area (Å²) < 4.78 is 27.7. The molecule has 0 aliphatic carbocycles. The number of rotatable bonds is 6. The van der Waals surface area contributed by atoms with E-state index in [0.29, 0.717) is 32.8 Å². The van der Waals surface area contributed by atoms with E-state index in [4.69, 9.17) is 9.88 Å². The van der Waals surface area contributed by atoms with Crippen LogP contribution in [-0.4, -0.2) is 58.5 Å². The summed E-state index contributed by atoms with van der Waals surface area (Å²) in [5.74, 6) is 0. The first-order chi connectivity index (χ1) is 10.4. The Bertz CT molecular complexity index is 566. The van der Waals surface area contributed by atoms with Crippen molar-refractivity contribution in [2.45, 2.75) is 16.9 Å². The Kier molecular flexibility index (Phi) is 5.90. The van der Waals surface area contributed by atoms with Crippen LogP contribution in [0.25, 0.3) is 0 Å². The maximum absolute atomic E-state index is 11.2. The predicted octanol–water partition coefficient (Wildman–Crippen LogP) is -1.18. The van der Waals surface area contributed by atoms with Gasteiger partial charge in [-0.3, -0.25) is 0 Å². The fourth-order valence-electron chi connectivity index (χ4n) is 2.29. The van der Waals surface area contributed by atoms with E-state index in [9.17, 15) is 13.5 Å². The van der Waals surface area contributed by atoms with Gasteiger partial charge in [0.2, 0.25) is 10.0 Å². The summed E-state index contributed by atoms with van der Waals surface area (Å²) >= 11 is 0. The molecule has 1 saturated heterocycles. The molecule has 1 heterocycles. The molecule has 1 aromatic carbocycles. The fraction of sp³-hybridized carbons (Fsp3) is 0.571. The molecule has 0 spiro atoms. The summed E-state index contributed by atoms with van der Waals surface area (Å²) in [6.07, 6.45) is 0.731. The van der Waals surface area contributed by atoms with Crippen molar-refractivity contribution in [1.29, 1.82) is 0 Å². The predicted molar refractivity (Wildman–Crippen MR) is 83.0 cm³/mol. The monoisotopic (exact) mass is 329 g/mol. The van der Waals surface area contributed by atoms with Crippen LogP contribution in [0.2, 0.25) is 0 Å². The molecular weight excluding hydrogens is 306 g/mol. The van der Waals surface area contributed by atoms with Crippen LogP contribution in [0.1, 0.15) is 5.56 Å². The fourth-order valence-corrected chi connectivity index (χ4v) is 2.81. The van der Waals surface area contributed by atoms with Crippen LogP contribution >= 0.6 is 0 Å². The van der Waals surface area contributed by atoms with E-state index in [-0.39, 0.29) is 4.90 Å². The van der Waals surface area contributed by atoms with Gasteiger partial charge in [0.15, 0.2) is 0 Å². The molecule has 2 rings (SSSR count). The minimum atomic E-state index is -3.64. The van der Waals surface area contributed by atoms with Gasteiger partial charge in [0.25, 0.3) is 0 Å². The molecule has 0 radical (unpaired) electrons. The molecule has 5 N–H and O–H groups in total. The third-order valence-corrected chi connectivity index (χ3v) is 4.47. The van der Waals surface area contributed by atoms with E-state index in [1.807, 2.05) is 0 Å². The van der Waals surface area contributed by atoms with Gasteiger partial charge >= 0.3 is 0 Å². The number of hydrogen-bond donors (Lipinski definition) is 4. The second-order valence-corrected chi connectivity index (χ2v) is 7.13. The summed E-state index contributed by atoms with van der Waals surface area (Å²) in [7, 11) is -3.64. The van der Waals surface area contributed by atoms with Crippen LogP contribution in [0.15, 0.2) is 29.2 Å². The standard InChI is InChI=1S/C14H23N3O4S/c15-22(19,20)13-3-1-12(2-4-13)5-6-16-9-14(18)10-17-7-8-21-11-14/h1-4,16-18H,5-11H2,(H2,15,19,20)/t14-/m0/s1. The summed E-state index contributed by atoms with van der Waals surface area (Å²) in [4.78, 5) is 0.111. The van der Waals surface area contributed by atoms with Crippen molar-refractivity contribution in [2.24, 2.45) is 5.14 Å². The summed E-state index contributed by atoms with van der Waals surface area (Å²) in [6, 6.07) is 6.49. The quantitative estimate of drug-likeness (QED) is 0.489. The number of nitrogens with two attached hydrogens (primary N) is 1. The largest absolute Gasteiger partial charge is 0.385 e. The zero-order valence-corrected chi connectivity index (χ0v) is 13.2. The Morgan fingerprint density at radius 2 is 2.09 bits per heavy atom. The highest BCUT2D eigenvalue weighted by molar-refractivity contribution is 7.89. The van der Waals surface area contributed by atoms with Crippen molar-refractivity contribution >= 4 is 10.0 Å². The molecule has 1 atom stereocenters. The molecule has 8 heteroatoms. The van der Waals surface area contributed by atoms with Crippen molar-refractivity contribution in [1.82, 2.24) is 10.6 Å². The Labute approximate surface area is 130 Å². The number of aliphatic hydroxyl groups is 1. The molecule has 1 aliphatic heterocycles. The van der Waals surface area contributed by atoms with Gasteiger partial charge in [-0.1, -0.05) is 12.1 Å². The van der Waals surface area contributed by atoms with Crippen LogP contribution in [0.5, 0.6) is 0 Å². The number of primary sulfonamides is 1. The minimum Gasteiger partial charge on any atom is -0.385 e. The molecule has 0 amide bonds. The van der Waals surface area contributed by atoms with Gasteiger partial charge in [-0.15, -0.1) is 0 Å². The third-order valence-electron chi connectivity index (χ3n) is 3.54. The second-order valence-electron chi connectivity index (χ2n) is 5.57. The lowest BCUT2D eigenvalue weighted by atomic mass is 10.1. The normalized spacial score (nSPS) is 23.2. The van der Waals surface area contributed by atoms with Gasteiger partial charge in [-0.2, -0.15) is 0 Å². The minimum absolute atomic E-state index is 0.111. The van der Waals surface area contributed by atoms with E-state index in [0.717, 1.165) is 18.5 Å². The zero-order chi connectivity index (χ0) is 16.1. The van der Waals surface area contributed by atoms with Crippen LogP contribution in [0, 0.1) is 0 Å². The lowest BCUT2D eigenvalue weighted by Crippen LogP contribution is -2.50. The van der Waals surface area contributed by atoms with E-state index < -0.39 is 15.6 Å². The highest BCUT2D eigenvalue weighted by atomic mass is 32.2. The van der Waals surface area contributed by atoms with Crippen molar-refractivity contribution in [3.63, 3.8) is 0 Å². The maximum atomic E-state index is 11.2. The molecule has 0 unspecified atom stereocenters. The average Bonchev–Trinajstić information content (AvgIpc) is 2.68. The van der Waals surface area contributed by atoms with Gasteiger partial charge < -0.3 is 20.5 Å². The molecule has 1 fully saturated rings. The molecular formula is C14H23N3O4S. The highest BCUT2D eigenvalue weighted by Crippen LogP contribution is 2.09. The first-order valence-electron chi connectivity index (χ1n) is 7.22. The van der Waals surface area contributed by atoms with E-state index >= 15 is 0 Å². The molecule has 0 bridgehead atoms. The summed E-state index contributed by atoms with van der Waals surface area (Å²) in [5, 5.41) is 21.7. The van der Waals surface area contributed by atoms with Crippen LogP contribution in [0.4, 0.5) is 0 Å². The van der Waals surface area contributed by atoms with Gasteiger partial charge in [-0.05, 0) is 30.7 Å². The first-order valence-corrected chi connectivity index (χ1v) is 8.77. The smallest absolute Gasteiger partial charge is 0.238 e. The topological polar surface area (TPSA) is 114 Å². The third kappa shape index (κ3) is 5.31. The van der Waals surface area contributed by atoms with Gasteiger partial charge in [0.1, 0.15) is 5.60 Å². The van der Waals surface area contributed by atoms with E-state index in [2.05, 4.69) is 10.6 Å². The Morgan fingerprint density at radius 3 is 2.77 bits per heavy atom. The van der Waals surface area contributed by atoms with Crippen molar-refractivity contribution in [3.8, 4) is 0 Å². The van der Waals surface area contributed by atoms with Crippen molar-refractivity contribution in [2.75, 3.05) is 39.4 Å². The average molecular weight is 329 g/mol. The van der Waals surface area contributed by atoms with Gasteiger partial charge in [0, 0.05) is 19.6 Å². The Balaban J connectivity index is 1.76. The van der Waals surface area contributed by atoms with E-state index in [1.54, 1.807) is 12.1 Å². The molecule has 1 aliphatic rings. The first kappa shape index (κ1) is 17.3. The number of nitrogens with one attached hydrogen (secondary N) is 2. The number of ether oxygens (including phenoxy) is 1. The number of sulfonamides is 1. The van der Waals surface area contributed by atoms with Crippen LogP contribution in [-0.2, 0) is 21.2 Å². The van der Waals surface area contributed by atoms with Crippen LogP contribution in [0.3, 0.4) is 0 Å². The van der Waals surface area contributed by atoms with Gasteiger partial charge in [-0.25, -0.2) is 13.6 Å². The molecule has 22 heavy (non-hydrogen) atoms. The number of hydrogen-bond acceptors (Lipinski definition) is 6. The lowest BCUT2D eigenvalue weighted by molar-refractivity contribution is -0.0260. The number of β-amino-alcohol motifs (C(OH)–C–C–N with tert-alkyl or cyclic N) is 1. The summed E-state index contributed by atoms with van der Waals surface area (Å²) in [6.45, 7) is 3.29. The van der Waals surface area contributed by atoms with Crippen LogP contribution < -0.4 is 15.8 Å². The Morgan fingerprint density at radius 1 is 1.36 bits per heavy atom. The maximum Gasteiger partial charge on any atom is 0.238 e. The Hall–Kier alpha value is -1.03. The second kappa shape index (κ2) is 7.49. The van der Waals surface area contributed by atoms with Gasteiger partial charge in [0.05, 0.1) is 18.1 Å². The molecule has 0 saturated carbocycles. The van der Waals surface area contributed by atoms with Crippen molar-refractivity contribution in [3.05, 3.63) is 29.8 Å². The molecule has 7 nitrogen and oxygen atoms in total. The molecule has 1 aromatic rings.